The zero-order chi connectivity index (χ0) is 21.1. The van der Waals surface area contributed by atoms with E-state index in [1.54, 1.807) is 20.1 Å². The topological polar surface area (TPSA) is 70.4 Å². The molecule has 6 nitrogen and oxygen atoms in total. The number of benzene rings is 2. The molecule has 0 bridgehead atoms. The Kier molecular flexibility index (Phi) is 5.59. The summed E-state index contributed by atoms with van der Waals surface area (Å²) in [5, 5.41) is 1.70. The number of carbonyl (C=O) groups excluding carboxylic acids is 2. The zero-order valence-corrected chi connectivity index (χ0v) is 16.9. The molecule has 0 aliphatic carbocycles. The number of hydrogen-bond donors (Lipinski definition) is 0. The summed E-state index contributed by atoms with van der Waals surface area (Å²) in [4.78, 5) is 30.2. The first kappa shape index (κ1) is 19.8. The van der Waals surface area contributed by atoms with Crippen molar-refractivity contribution in [3.63, 3.8) is 0 Å². The molecule has 2 aromatic carbocycles. The van der Waals surface area contributed by atoms with Gasteiger partial charge in [0.1, 0.15) is 18.1 Å². The number of hydrogen-bond acceptors (Lipinski definition) is 5. The van der Waals surface area contributed by atoms with E-state index >= 15 is 0 Å². The van der Waals surface area contributed by atoms with Gasteiger partial charge >= 0.3 is 5.97 Å². The second-order valence-corrected chi connectivity index (χ2v) is 6.92. The zero-order valence-electron chi connectivity index (χ0n) is 16.9. The molecule has 0 atom stereocenters. The van der Waals surface area contributed by atoms with Crippen LogP contribution in [0.15, 0.2) is 60.7 Å². The molecule has 0 saturated heterocycles. The van der Waals surface area contributed by atoms with Crippen molar-refractivity contribution in [2.45, 2.75) is 20.1 Å². The minimum Gasteiger partial charge on any atom is -0.461 e. The lowest BCUT2D eigenvalue weighted by molar-refractivity contribution is 0.0519. The van der Waals surface area contributed by atoms with Crippen LogP contribution in [0.5, 0.6) is 0 Å². The molecule has 0 aliphatic rings. The quantitative estimate of drug-likeness (QED) is 0.339. The molecular weight excluding hydrogens is 380 g/mol. The SMILES string of the molecule is CCOC(=O)c1cc2c3ccccc3n(COC)c2c(C(=O)Cc2ccccc2)n1. The van der Waals surface area contributed by atoms with Crippen molar-refractivity contribution in [3.05, 3.63) is 77.6 Å². The third-order valence-electron chi connectivity index (χ3n) is 4.96. The van der Waals surface area contributed by atoms with Gasteiger partial charge in [0, 0.05) is 24.3 Å². The van der Waals surface area contributed by atoms with Crippen molar-refractivity contribution in [2.24, 2.45) is 0 Å². The van der Waals surface area contributed by atoms with E-state index in [1.807, 2.05) is 59.2 Å². The number of pyridine rings is 1. The molecule has 2 aromatic heterocycles. The Morgan fingerprint density at radius 3 is 2.47 bits per heavy atom. The van der Waals surface area contributed by atoms with Gasteiger partial charge in [-0.15, -0.1) is 0 Å². The Morgan fingerprint density at radius 1 is 1.00 bits per heavy atom. The highest BCUT2D eigenvalue weighted by atomic mass is 16.5. The number of esters is 1. The predicted molar refractivity (Wildman–Crippen MR) is 115 cm³/mol. The fourth-order valence-electron chi connectivity index (χ4n) is 3.71. The first-order chi connectivity index (χ1) is 14.6. The third kappa shape index (κ3) is 3.57. The molecule has 0 amide bonds. The molecule has 0 aliphatic heterocycles. The maximum Gasteiger partial charge on any atom is 0.356 e. The van der Waals surface area contributed by atoms with Crippen LogP contribution >= 0.6 is 0 Å². The number of rotatable bonds is 7. The number of para-hydroxylation sites is 1. The first-order valence-corrected chi connectivity index (χ1v) is 9.79. The van der Waals surface area contributed by atoms with Crippen LogP contribution in [-0.4, -0.2) is 35.0 Å². The number of ether oxygens (including phenoxy) is 2. The Hall–Kier alpha value is -3.51. The van der Waals surface area contributed by atoms with Crippen LogP contribution in [-0.2, 0) is 22.6 Å². The van der Waals surface area contributed by atoms with Crippen molar-refractivity contribution >= 4 is 33.6 Å². The number of aromatic nitrogens is 2. The van der Waals surface area contributed by atoms with Gasteiger partial charge in [-0.25, -0.2) is 9.78 Å². The van der Waals surface area contributed by atoms with E-state index in [9.17, 15) is 9.59 Å². The molecule has 30 heavy (non-hydrogen) atoms. The second kappa shape index (κ2) is 8.47. The maximum atomic E-state index is 13.3. The van der Waals surface area contributed by atoms with Crippen molar-refractivity contribution < 1.29 is 19.1 Å². The average Bonchev–Trinajstić information content (AvgIpc) is 3.08. The van der Waals surface area contributed by atoms with Crippen LogP contribution in [0.1, 0.15) is 33.5 Å². The molecule has 0 N–H and O–H groups in total. The average molecular weight is 402 g/mol. The molecular formula is C24H22N2O4. The van der Waals surface area contributed by atoms with Crippen molar-refractivity contribution in [1.29, 1.82) is 0 Å². The van der Waals surface area contributed by atoms with Crippen molar-refractivity contribution in [2.75, 3.05) is 13.7 Å². The minimum absolute atomic E-state index is 0.126. The highest BCUT2D eigenvalue weighted by molar-refractivity contribution is 6.16. The molecule has 152 valence electrons. The molecule has 4 aromatic rings. The van der Waals surface area contributed by atoms with Crippen molar-refractivity contribution in [1.82, 2.24) is 9.55 Å². The largest absolute Gasteiger partial charge is 0.461 e. The molecule has 0 saturated carbocycles. The lowest BCUT2D eigenvalue weighted by Crippen LogP contribution is -2.14. The third-order valence-corrected chi connectivity index (χ3v) is 4.96. The standard InChI is InChI=1S/C24H22N2O4/c1-3-30-24(28)19-14-18-17-11-7-8-12-20(17)26(15-29-2)23(18)22(25-19)21(27)13-16-9-5-4-6-10-16/h4-12,14H,3,13,15H2,1-2H3. The van der Waals surface area contributed by atoms with Gasteiger partial charge in [0.25, 0.3) is 0 Å². The maximum absolute atomic E-state index is 13.3. The normalized spacial score (nSPS) is 11.1. The lowest BCUT2D eigenvalue weighted by Gasteiger charge is -2.11. The van der Waals surface area contributed by atoms with E-state index in [0.717, 1.165) is 21.9 Å². The van der Waals surface area contributed by atoms with Crippen LogP contribution in [0.3, 0.4) is 0 Å². The van der Waals surface area contributed by atoms with Gasteiger partial charge in [-0.3, -0.25) is 4.79 Å². The molecule has 0 radical (unpaired) electrons. The molecule has 6 heteroatoms. The highest BCUT2D eigenvalue weighted by Gasteiger charge is 2.23. The summed E-state index contributed by atoms with van der Waals surface area (Å²) in [5.41, 5.74) is 2.82. The van der Waals surface area contributed by atoms with Gasteiger partial charge in [0.05, 0.1) is 17.6 Å². The Bertz CT molecular complexity index is 1230. The smallest absolute Gasteiger partial charge is 0.356 e. The van der Waals surface area contributed by atoms with Gasteiger partial charge in [0.2, 0.25) is 0 Å². The number of ketones is 1. The van der Waals surface area contributed by atoms with Gasteiger partial charge in [-0.2, -0.15) is 0 Å². The first-order valence-electron chi connectivity index (χ1n) is 9.79. The van der Waals surface area contributed by atoms with Crippen LogP contribution < -0.4 is 0 Å². The number of fused-ring (bicyclic) bond motifs is 3. The lowest BCUT2D eigenvalue weighted by atomic mass is 10.0. The molecule has 2 heterocycles. The highest BCUT2D eigenvalue weighted by Crippen LogP contribution is 2.32. The van der Waals surface area contributed by atoms with Gasteiger partial charge < -0.3 is 14.0 Å². The van der Waals surface area contributed by atoms with Gasteiger partial charge in [0.15, 0.2) is 5.78 Å². The van der Waals surface area contributed by atoms with Crippen LogP contribution in [0.4, 0.5) is 0 Å². The summed E-state index contributed by atoms with van der Waals surface area (Å²) < 4.78 is 12.5. The van der Waals surface area contributed by atoms with E-state index < -0.39 is 5.97 Å². The number of carbonyl (C=O) groups is 2. The van der Waals surface area contributed by atoms with Crippen LogP contribution in [0.2, 0.25) is 0 Å². The summed E-state index contributed by atoms with van der Waals surface area (Å²) in [5.74, 6) is -0.714. The summed E-state index contributed by atoms with van der Waals surface area (Å²) in [7, 11) is 1.60. The number of Topliss-reactive ketones (excluding diaryl/α,β-unsaturated/α-hetero) is 1. The summed E-state index contributed by atoms with van der Waals surface area (Å²) in [6, 6.07) is 19.0. The number of methoxy groups -OCH3 is 1. The second-order valence-electron chi connectivity index (χ2n) is 6.92. The van der Waals surface area contributed by atoms with Gasteiger partial charge in [-0.05, 0) is 24.6 Å². The fraction of sp³-hybridized carbons (Fsp3) is 0.208. The van der Waals surface area contributed by atoms with Crippen LogP contribution in [0.25, 0.3) is 21.8 Å². The molecule has 0 unspecified atom stereocenters. The molecule has 0 spiro atoms. The van der Waals surface area contributed by atoms with E-state index in [2.05, 4.69) is 4.98 Å². The Morgan fingerprint density at radius 2 is 1.73 bits per heavy atom. The number of nitrogens with zero attached hydrogens (tertiary/aromatic N) is 2. The summed E-state index contributed by atoms with van der Waals surface area (Å²) in [6.45, 7) is 2.23. The van der Waals surface area contributed by atoms with Gasteiger partial charge in [-0.1, -0.05) is 48.5 Å². The Balaban J connectivity index is 1.97. The Labute approximate surface area is 174 Å². The van der Waals surface area contributed by atoms with E-state index in [1.165, 1.54) is 0 Å². The summed E-state index contributed by atoms with van der Waals surface area (Å²) in [6.07, 6.45) is 0.184. The molecule has 0 fully saturated rings. The predicted octanol–water partition coefficient (Wildman–Crippen LogP) is 4.40. The van der Waals surface area contributed by atoms with Crippen LogP contribution in [0, 0.1) is 0 Å². The van der Waals surface area contributed by atoms with E-state index in [4.69, 9.17) is 9.47 Å². The summed E-state index contributed by atoms with van der Waals surface area (Å²) >= 11 is 0. The molecule has 4 rings (SSSR count). The monoisotopic (exact) mass is 402 g/mol. The van der Waals surface area contributed by atoms with E-state index in [-0.39, 0.29) is 36.9 Å². The van der Waals surface area contributed by atoms with E-state index in [0.29, 0.717) is 5.52 Å². The fourth-order valence-corrected chi connectivity index (χ4v) is 3.71. The minimum atomic E-state index is -0.545. The van der Waals surface area contributed by atoms with Crippen molar-refractivity contribution in [3.8, 4) is 0 Å².